The summed E-state index contributed by atoms with van der Waals surface area (Å²) in [5.41, 5.74) is 5.41. The maximum absolute atomic E-state index is 8.92. The van der Waals surface area contributed by atoms with Crippen molar-refractivity contribution in [1.82, 2.24) is 4.90 Å². The van der Waals surface area contributed by atoms with Crippen LogP contribution in [-0.2, 0) is 0 Å². The monoisotopic (exact) mass is 172 g/mol. The number of rotatable bonds is 5. The zero-order valence-corrected chi connectivity index (χ0v) is 8.08. The van der Waals surface area contributed by atoms with E-state index in [-0.39, 0.29) is 6.61 Å². The van der Waals surface area contributed by atoms with Gasteiger partial charge in [-0.05, 0) is 39.8 Å². The van der Waals surface area contributed by atoms with E-state index in [1.807, 2.05) is 6.92 Å². The molecule has 0 radical (unpaired) electrons. The molecule has 0 amide bonds. The predicted octanol–water partition coefficient (Wildman–Crippen LogP) is 0.180. The molecule has 3 nitrogen and oxygen atoms in total. The Morgan fingerprint density at radius 2 is 2.17 bits per heavy atom. The average molecular weight is 172 g/mol. The van der Waals surface area contributed by atoms with E-state index < -0.39 is 5.54 Å². The molecule has 3 heteroatoms. The summed E-state index contributed by atoms with van der Waals surface area (Å²) in [6.07, 6.45) is 3.53. The van der Waals surface area contributed by atoms with Crippen molar-refractivity contribution >= 4 is 0 Å². The number of hydrogen-bond donors (Lipinski definition) is 2. The number of aliphatic hydroxyl groups excluding tert-OH is 1. The fourth-order valence-electron chi connectivity index (χ4n) is 1.21. The van der Waals surface area contributed by atoms with Gasteiger partial charge in [-0.15, -0.1) is 0 Å². The maximum Gasteiger partial charge on any atom is 0.0608 e. The van der Waals surface area contributed by atoms with Crippen molar-refractivity contribution in [3.05, 3.63) is 0 Å². The second-order valence-electron chi connectivity index (χ2n) is 4.27. The Kier molecular flexibility index (Phi) is 3.09. The molecule has 1 atom stereocenters. The number of hydrogen-bond acceptors (Lipinski definition) is 3. The number of nitrogens with two attached hydrogens (primary N) is 1. The molecule has 0 heterocycles. The summed E-state index contributed by atoms with van der Waals surface area (Å²) in [5.74, 6) is 0. The van der Waals surface area contributed by atoms with Gasteiger partial charge >= 0.3 is 0 Å². The quantitative estimate of drug-likeness (QED) is 0.622. The van der Waals surface area contributed by atoms with Crippen LogP contribution in [0.1, 0.15) is 26.2 Å². The van der Waals surface area contributed by atoms with Gasteiger partial charge in [0.05, 0.1) is 6.61 Å². The molecule has 1 aliphatic carbocycles. The second kappa shape index (κ2) is 3.73. The van der Waals surface area contributed by atoms with Gasteiger partial charge in [0.2, 0.25) is 0 Å². The standard InChI is InChI=1S/C9H20N2O/c1-9(10,7-12)5-6-11(2)8-3-4-8/h8,12H,3-7,10H2,1-2H3. The zero-order valence-electron chi connectivity index (χ0n) is 8.08. The molecule has 1 unspecified atom stereocenters. The van der Waals surface area contributed by atoms with E-state index in [9.17, 15) is 0 Å². The van der Waals surface area contributed by atoms with Crippen molar-refractivity contribution in [1.29, 1.82) is 0 Å². The van der Waals surface area contributed by atoms with Gasteiger partial charge in [-0.1, -0.05) is 0 Å². The van der Waals surface area contributed by atoms with Crippen LogP contribution in [0.2, 0.25) is 0 Å². The van der Waals surface area contributed by atoms with Crippen LogP contribution in [0.15, 0.2) is 0 Å². The highest BCUT2D eigenvalue weighted by Crippen LogP contribution is 2.25. The summed E-state index contributed by atoms with van der Waals surface area (Å²) in [7, 11) is 2.13. The van der Waals surface area contributed by atoms with Crippen LogP contribution in [0, 0.1) is 0 Å². The van der Waals surface area contributed by atoms with Gasteiger partial charge in [-0.25, -0.2) is 0 Å². The van der Waals surface area contributed by atoms with Crippen molar-refractivity contribution in [3.8, 4) is 0 Å². The van der Waals surface area contributed by atoms with Crippen molar-refractivity contribution in [2.24, 2.45) is 5.73 Å². The van der Waals surface area contributed by atoms with Crippen LogP contribution in [0.5, 0.6) is 0 Å². The lowest BCUT2D eigenvalue weighted by Gasteiger charge is -2.25. The van der Waals surface area contributed by atoms with Gasteiger partial charge < -0.3 is 15.7 Å². The summed E-state index contributed by atoms with van der Waals surface area (Å²) >= 11 is 0. The molecule has 0 aromatic heterocycles. The number of nitrogens with zero attached hydrogens (tertiary/aromatic N) is 1. The molecule has 0 aromatic carbocycles. The summed E-state index contributed by atoms with van der Waals surface area (Å²) in [5, 5.41) is 8.92. The maximum atomic E-state index is 8.92. The largest absolute Gasteiger partial charge is 0.394 e. The molecule has 0 bridgehead atoms. The van der Waals surface area contributed by atoms with E-state index in [0.717, 1.165) is 19.0 Å². The highest BCUT2D eigenvalue weighted by atomic mass is 16.3. The van der Waals surface area contributed by atoms with E-state index in [0.29, 0.717) is 0 Å². The average Bonchev–Trinajstić information content (AvgIpc) is 2.83. The predicted molar refractivity (Wildman–Crippen MR) is 49.9 cm³/mol. The highest BCUT2D eigenvalue weighted by Gasteiger charge is 2.27. The molecule has 1 aliphatic rings. The molecule has 0 aromatic rings. The minimum Gasteiger partial charge on any atom is -0.394 e. The van der Waals surface area contributed by atoms with Gasteiger partial charge in [0, 0.05) is 11.6 Å². The van der Waals surface area contributed by atoms with Crippen molar-refractivity contribution in [2.45, 2.75) is 37.8 Å². The molecule has 0 aliphatic heterocycles. The molecule has 3 N–H and O–H groups in total. The molecular formula is C9H20N2O. The topological polar surface area (TPSA) is 49.5 Å². The third-order valence-electron chi connectivity index (χ3n) is 2.57. The van der Waals surface area contributed by atoms with Crippen LogP contribution in [0.4, 0.5) is 0 Å². The lowest BCUT2D eigenvalue weighted by Crippen LogP contribution is -2.43. The van der Waals surface area contributed by atoms with Gasteiger partial charge in [0.1, 0.15) is 0 Å². The Balaban J connectivity index is 2.14. The first-order valence-corrected chi connectivity index (χ1v) is 4.65. The lowest BCUT2D eigenvalue weighted by atomic mass is 10.0. The molecule has 1 fully saturated rings. The lowest BCUT2D eigenvalue weighted by molar-refractivity contribution is 0.181. The molecule has 0 spiro atoms. The molecule has 1 rings (SSSR count). The van der Waals surface area contributed by atoms with Gasteiger partial charge in [-0.3, -0.25) is 0 Å². The highest BCUT2D eigenvalue weighted by molar-refractivity contribution is 4.85. The summed E-state index contributed by atoms with van der Waals surface area (Å²) < 4.78 is 0. The smallest absolute Gasteiger partial charge is 0.0608 e. The Bertz CT molecular complexity index is 143. The Morgan fingerprint density at radius 3 is 2.58 bits per heavy atom. The summed E-state index contributed by atoms with van der Waals surface area (Å²) in [6, 6.07) is 0.791. The van der Waals surface area contributed by atoms with Crippen LogP contribution in [0.25, 0.3) is 0 Å². The summed E-state index contributed by atoms with van der Waals surface area (Å²) in [4.78, 5) is 2.33. The third-order valence-corrected chi connectivity index (χ3v) is 2.57. The Hall–Kier alpha value is -0.120. The van der Waals surface area contributed by atoms with Gasteiger partial charge in [0.25, 0.3) is 0 Å². The van der Waals surface area contributed by atoms with E-state index >= 15 is 0 Å². The summed E-state index contributed by atoms with van der Waals surface area (Å²) in [6.45, 7) is 2.97. The Labute approximate surface area is 74.5 Å². The normalized spacial score (nSPS) is 22.8. The fourth-order valence-corrected chi connectivity index (χ4v) is 1.21. The number of aliphatic hydroxyl groups is 1. The minimum atomic E-state index is -0.400. The van der Waals surface area contributed by atoms with Crippen LogP contribution >= 0.6 is 0 Å². The zero-order chi connectivity index (χ0) is 9.19. The van der Waals surface area contributed by atoms with Crippen molar-refractivity contribution in [2.75, 3.05) is 20.2 Å². The van der Waals surface area contributed by atoms with E-state index in [1.165, 1.54) is 12.8 Å². The van der Waals surface area contributed by atoms with Crippen molar-refractivity contribution < 1.29 is 5.11 Å². The first-order chi connectivity index (χ1) is 5.55. The molecule has 12 heavy (non-hydrogen) atoms. The molecule has 72 valence electrons. The van der Waals surface area contributed by atoms with Crippen LogP contribution in [-0.4, -0.2) is 41.8 Å². The Morgan fingerprint density at radius 1 is 1.58 bits per heavy atom. The second-order valence-corrected chi connectivity index (χ2v) is 4.27. The van der Waals surface area contributed by atoms with E-state index in [4.69, 9.17) is 10.8 Å². The molecular weight excluding hydrogens is 152 g/mol. The van der Waals surface area contributed by atoms with Crippen LogP contribution < -0.4 is 5.73 Å². The first kappa shape index (κ1) is 9.96. The van der Waals surface area contributed by atoms with E-state index in [1.54, 1.807) is 0 Å². The fraction of sp³-hybridized carbons (Fsp3) is 1.00. The SMILES string of the molecule is CN(CCC(C)(N)CO)C1CC1. The van der Waals surface area contributed by atoms with Gasteiger partial charge in [-0.2, -0.15) is 0 Å². The van der Waals surface area contributed by atoms with Crippen LogP contribution in [0.3, 0.4) is 0 Å². The molecule has 1 saturated carbocycles. The first-order valence-electron chi connectivity index (χ1n) is 4.65. The van der Waals surface area contributed by atoms with Crippen molar-refractivity contribution in [3.63, 3.8) is 0 Å². The third kappa shape index (κ3) is 3.09. The van der Waals surface area contributed by atoms with Gasteiger partial charge in [0.15, 0.2) is 0 Å². The van der Waals surface area contributed by atoms with E-state index in [2.05, 4.69) is 11.9 Å². The minimum absolute atomic E-state index is 0.0749. The molecule has 0 saturated heterocycles.